The molecule has 0 aliphatic carbocycles. The van der Waals surface area contributed by atoms with Gasteiger partial charge in [-0.25, -0.2) is 0 Å². The number of pyridine rings is 1. The SMILES string of the molecule is N#Cc1ccc(N2C(=O)C(=O)/C(=C(\O)c3cccc(Cl)c3)C2c2ccccn2)cc1. The lowest BCUT2D eigenvalue weighted by molar-refractivity contribution is -0.132. The summed E-state index contributed by atoms with van der Waals surface area (Å²) in [6.07, 6.45) is 1.55. The van der Waals surface area contributed by atoms with Gasteiger partial charge < -0.3 is 5.11 Å². The molecule has 1 unspecified atom stereocenters. The minimum Gasteiger partial charge on any atom is -0.507 e. The first-order chi connectivity index (χ1) is 14.5. The first-order valence-electron chi connectivity index (χ1n) is 8.99. The fourth-order valence-electron chi connectivity index (χ4n) is 3.40. The molecule has 30 heavy (non-hydrogen) atoms. The highest BCUT2D eigenvalue weighted by atomic mass is 35.5. The van der Waals surface area contributed by atoms with E-state index in [9.17, 15) is 14.7 Å². The van der Waals surface area contributed by atoms with Gasteiger partial charge in [0.2, 0.25) is 0 Å². The number of amides is 1. The number of anilines is 1. The molecule has 1 fully saturated rings. The minimum atomic E-state index is -0.932. The molecular weight excluding hydrogens is 402 g/mol. The Morgan fingerprint density at radius 2 is 1.83 bits per heavy atom. The Bertz CT molecular complexity index is 1210. The fraction of sp³-hybridized carbons (Fsp3) is 0.0435. The molecule has 0 bridgehead atoms. The normalized spacial score (nSPS) is 17.7. The number of ketones is 1. The molecule has 1 saturated heterocycles. The highest BCUT2D eigenvalue weighted by Crippen LogP contribution is 2.41. The highest BCUT2D eigenvalue weighted by Gasteiger charge is 2.47. The van der Waals surface area contributed by atoms with Gasteiger partial charge in [-0.3, -0.25) is 19.5 Å². The number of rotatable bonds is 3. The molecule has 1 atom stereocenters. The van der Waals surface area contributed by atoms with Crippen LogP contribution in [0.15, 0.2) is 78.5 Å². The van der Waals surface area contributed by atoms with Crippen LogP contribution in [0, 0.1) is 11.3 Å². The number of aliphatic hydroxyl groups excluding tert-OH is 1. The van der Waals surface area contributed by atoms with Crippen LogP contribution in [0.2, 0.25) is 5.02 Å². The molecule has 0 saturated carbocycles. The standard InChI is InChI=1S/C23H14ClN3O3/c24-16-5-3-4-15(12-16)21(28)19-20(18-6-1-2-11-26-18)27(23(30)22(19)29)17-9-7-14(13-25)8-10-17/h1-12,20,28H/b21-19-. The zero-order valence-corrected chi connectivity index (χ0v) is 16.2. The van der Waals surface area contributed by atoms with Crippen LogP contribution in [-0.4, -0.2) is 21.8 Å². The van der Waals surface area contributed by atoms with E-state index in [-0.39, 0.29) is 11.3 Å². The van der Waals surface area contributed by atoms with Gasteiger partial charge in [-0.05, 0) is 48.5 Å². The van der Waals surface area contributed by atoms with Crippen LogP contribution < -0.4 is 4.90 Å². The van der Waals surface area contributed by atoms with Crippen molar-refractivity contribution < 1.29 is 14.7 Å². The topological polar surface area (TPSA) is 94.3 Å². The minimum absolute atomic E-state index is 0.0784. The van der Waals surface area contributed by atoms with Gasteiger partial charge in [0, 0.05) is 22.5 Å². The van der Waals surface area contributed by atoms with E-state index in [2.05, 4.69) is 4.98 Å². The summed E-state index contributed by atoms with van der Waals surface area (Å²) in [4.78, 5) is 31.5. The zero-order chi connectivity index (χ0) is 21.3. The number of Topliss-reactive ketones (excluding diaryl/α,β-unsaturated/α-hetero) is 1. The molecule has 2 heterocycles. The maximum Gasteiger partial charge on any atom is 0.300 e. The van der Waals surface area contributed by atoms with Crippen molar-refractivity contribution in [2.75, 3.05) is 4.90 Å². The van der Waals surface area contributed by atoms with E-state index in [1.54, 1.807) is 66.9 Å². The highest BCUT2D eigenvalue weighted by molar-refractivity contribution is 6.51. The van der Waals surface area contributed by atoms with Gasteiger partial charge in [0.05, 0.1) is 22.9 Å². The second-order valence-corrected chi connectivity index (χ2v) is 7.03. The maximum absolute atomic E-state index is 13.0. The van der Waals surface area contributed by atoms with Gasteiger partial charge in [-0.2, -0.15) is 5.26 Å². The van der Waals surface area contributed by atoms with Crippen molar-refractivity contribution >= 4 is 34.7 Å². The van der Waals surface area contributed by atoms with Gasteiger partial charge in [0.25, 0.3) is 11.7 Å². The number of aromatic nitrogens is 1. The van der Waals surface area contributed by atoms with Gasteiger partial charge in [-0.15, -0.1) is 0 Å². The smallest absolute Gasteiger partial charge is 0.300 e. The van der Waals surface area contributed by atoms with E-state index in [0.717, 1.165) is 0 Å². The summed E-state index contributed by atoms with van der Waals surface area (Å²) >= 11 is 6.03. The third-order valence-electron chi connectivity index (χ3n) is 4.78. The molecule has 1 aliphatic heterocycles. The molecule has 0 radical (unpaired) electrons. The lowest BCUT2D eigenvalue weighted by Gasteiger charge is -2.24. The molecule has 4 rings (SSSR count). The monoisotopic (exact) mass is 415 g/mol. The van der Waals surface area contributed by atoms with Crippen LogP contribution >= 0.6 is 11.6 Å². The Balaban J connectivity index is 1.93. The lowest BCUT2D eigenvalue weighted by atomic mass is 9.98. The summed E-state index contributed by atoms with van der Waals surface area (Å²) in [6.45, 7) is 0. The van der Waals surface area contributed by atoms with E-state index >= 15 is 0 Å². The average molecular weight is 416 g/mol. The third kappa shape index (κ3) is 3.32. The first kappa shape index (κ1) is 19.4. The largest absolute Gasteiger partial charge is 0.507 e. The molecule has 1 amide bonds. The molecule has 1 aromatic heterocycles. The van der Waals surface area contributed by atoms with Crippen molar-refractivity contribution in [2.24, 2.45) is 0 Å². The summed E-state index contributed by atoms with van der Waals surface area (Å²) in [5.41, 5.74) is 1.50. The predicted molar refractivity (Wildman–Crippen MR) is 112 cm³/mol. The third-order valence-corrected chi connectivity index (χ3v) is 5.02. The fourth-order valence-corrected chi connectivity index (χ4v) is 3.59. The number of nitriles is 1. The molecule has 6 nitrogen and oxygen atoms in total. The Hall–Kier alpha value is -3.95. The molecule has 2 aromatic carbocycles. The van der Waals surface area contributed by atoms with Gasteiger partial charge in [-0.1, -0.05) is 29.8 Å². The van der Waals surface area contributed by atoms with E-state index in [4.69, 9.17) is 16.9 Å². The predicted octanol–water partition coefficient (Wildman–Crippen LogP) is 4.23. The Labute approximate surface area is 177 Å². The van der Waals surface area contributed by atoms with E-state index in [1.807, 2.05) is 6.07 Å². The van der Waals surface area contributed by atoms with Crippen molar-refractivity contribution in [3.63, 3.8) is 0 Å². The second-order valence-electron chi connectivity index (χ2n) is 6.59. The number of hydrogen-bond acceptors (Lipinski definition) is 5. The number of carbonyl (C=O) groups is 2. The number of aliphatic hydroxyl groups is 1. The zero-order valence-electron chi connectivity index (χ0n) is 15.5. The maximum atomic E-state index is 13.0. The van der Waals surface area contributed by atoms with E-state index in [0.29, 0.717) is 27.5 Å². The van der Waals surface area contributed by atoms with Crippen molar-refractivity contribution in [3.05, 3.63) is 100 Å². The van der Waals surface area contributed by atoms with Crippen molar-refractivity contribution in [1.29, 1.82) is 5.26 Å². The molecule has 0 spiro atoms. The van der Waals surface area contributed by atoms with Crippen molar-refractivity contribution in [2.45, 2.75) is 6.04 Å². The summed E-state index contributed by atoms with van der Waals surface area (Å²) in [7, 11) is 0. The number of nitrogens with zero attached hydrogens (tertiary/aromatic N) is 3. The summed E-state index contributed by atoms with van der Waals surface area (Å²) in [6, 6.07) is 18.9. The number of carbonyl (C=O) groups excluding carboxylic acids is 2. The summed E-state index contributed by atoms with van der Waals surface area (Å²) in [5, 5.41) is 20.4. The van der Waals surface area contributed by atoms with Crippen LogP contribution in [0.25, 0.3) is 5.76 Å². The van der Waals surface area contributed by atoms with Gasteiger partial charge >= 0.3 is 0 Å². The molecule has 7 heteroatoms. The number of hydrogen-bond donors (Lipinski definition) is 1. The van der Waals surface area contributed by atoms with Crippen LogP contribution in [0.1, 0.15) is 22.9 Å². The number of benzene rings is 2. The van der Waals surface area contributed by atoms with Crippen LogP contribution in [0.4, 0.5) is 5.69 Å². The molecular formula is C23H14ClN3O3. The Kier molecular flexibility index (Phi) is 5.05. The van der Waals surface area contributed by atoms with E-state index in [1.165, 1.54) is 11.0 Å². The first-order valence-corrected chi connectivity index (χ1v) is 9.37. The average Bonchev–Trinajstić information content (AvgIpc) is 3.04. The Morgan fingerprint density at radius 3 is 2.47 bits per heavy atom. The number of halogens is 1. The second kappa shape index (κ2) is 7.82. The summed E-state index contributed by atoms with van der Waals surface area (Å²) < 4.78 is 0. The van der Waals surface area contributed by atoms with E-state index < -0.39 is 17.7 Å². The van der Waals surface area contributed by atoms with Crippen LogP contribution in [-0.2, 0) is 9.59 Å². The van der Waals surface area contributed by atoms with Gasteiger partial charge in [0.15, 0.2) is 0 Å². The Morgan fingerprint density at radius 1 is 1.07 bits per heavy atom. The van der Waals surface area contributed by atoms with Crippen molar-refractivity contribution in [3.8, 4) is 6.07 Å². The summed E-state index contributed by atoms with van der Waals surface area (Å²) in [5.74, 6) is -1.95. The van der Waals surface area contributed by atoms with Crippen LogP contribution in [0.5, 0.6) is 0 Å². The quantitative estimate of drug-likeness (QED) is 0.392. The van der Waals surface area contributed by atoms with Gasteiger partial charge in [0.1, 0.15) is 11.8 Å². The molecule has 146 valence electrons. The lowest BCUT2D eigenvalue weighted by Crippen LogP contribution is -2.29. The van der Waals surface area contributed by atoms with Crippen molar-refractivity contribution in [1.82, 2.24) is 4.98 Å². The molecule has 1 aliphatic rings. The molecule has 1 N–H and O–H groups in total. The van der Waals surface area contributed by atoms with Crippen LogP contribution in [0.3, 0.4) is 0 Å². The molecule has 3 aromatic rings.